The van der Waals surface area contributed by atoms with Crippen LogP contribution in [0.15, 0.2) is 84.0 Å². The van der Waals surface area contributed by atoms with Gasteiger partial charge in [-0.1, -0.05) is 60.7 Å². The number of carbonyl (C=O) groups excluding carboxylic acids is 1. The summed E-state index contributed by atoms with van der Waals surface area (Å²) in [5.41, 5.74) is 3.39. The van der Waals surface area contributed by atoms with E-state index in [0.29, 0.717) is 30.2 Å². The molecule has 6 heteroatoms. The van der Waals surface area contributed by atoms with E-state index in [4.69, 9.17) is 4.74 Å². The Balaban J connectivity index is 1.28. The molecule has 2 aliphatic heterocycles. The highest BCUT2D eigenvalue weighted by Crippen LogP contribution is 2.34. The summed E-state index contributed by atoms with van der Waals surface area (Å²) in [5.74, 6) is 1.02. The van der Waals surface area contributed by atoms with Crippen LogP contribution < -0.4 is 4.74 Å². The van der Waals surface area contributed by atoms with Gasteiger partial charge in [0.05, 0.1) is 25.4 Å². The van der Waals surface area contributed by atoms with Gasteiger partial charge in [-0.25, -0.2) is 9.40 Å². The van der Waals surface area contributed by atoms with E-state index in [2.05, 4.69) is 40.3 Å². The molecule has 2 aliphatic rings. The highest BCUT2D eigenvalue weighted by Gasteiger charge is 2.35. The van der Waals surface area contributed by atoms with Crippen LogP contribution in [0.5, 0.6) is 5.75 Å². The van der Waals surface area contributed by atoms with Gasteiger partial charge in [-0.05, 0) is 67.6 Å². The Kier molecular flexibility index (Phi) is 7.42. The van der Waals surface area contributed by atoms with E-state index >= 15 is 0 Å². The number of hydrogen-bond donors (Lipinski definition) is 0. The first-order valence-corrected chi connectivity index (χ1v) is 12.7. The van der Waals surface area contributed by atoms with Crippen molar-refractivity contribution in [1.82, 2.24) is 9.91 Å². The second-order valence-electron chi connectivity index (χ2n) is 9.67. The third-order valence-corrected chi connectivity index (χ3v) is 7.28. The molecule has 1 atom stereocenters. The number of nitrogens with zero attached hydrogens (tertiary/aromatic N) is 3. The molecule has 3 aromatic rings. The number of methoxy groups -OCH3 is 1. The molecular formula is C30H32FN3O2. The van der Waals surface area contributed by atoms with Crippen LogP contribution in [0.1, 0.15) is 42.0 Å². The molecule has 1 unspecified atom stereocenters. The van der Waals surface area contributed by atoms with Crippen LogP contribution in [0.3, 0.4) is 0 Å². The Morgan fingerprint density at radius 1 is 0.972 bits per heavy atom. The number of benzene rings is 3. The molecule has 0 spiro atoms. The first-order valence-electron chi connectivity index (χ1n) is 12.7. The van der Waals surface area contributed by atoms with Crippen molar-refractivity contribution in [3.05, 3.63) is 101 Å². The molecule has 2 heterocycles. The monoisotopic (exact) mass is 485 g/mol. The zero-order valence-corrected chi connectivity index (χ0v) is 20.6. The molecular weight excluding hydrogens is 453 g/mol. The number of hydrazone groups is 1. The normalized spacial score (nSPS) is 18.8. The summed E-state index contributed by atoms with van der Waals surface area (Å²) in [6.45, 7) is 2.11. The summed E-state index contributed by atoms with van der Waals surface area (Å²) in [4.78, 5) is 15.7. The molecule has 0 bridgehead atoms. The maximum atomic E-state index is 14.6. The number of ether oxygens (including phenoxy) is 1. The first kappa shape index (κ1) is 24.2. The fourth-order valence-corrected chi connectivity index (χ4v) is 5.24. The van der Waals surface area contributed by atoms with Crippen molar-refractivity contribution in [3.8, 4) is 5.75 Å². The minimum atomic E-state index is -0.320. The van der Waals surface area contributed by atoms with Crippen molar-refractivity contribution in [2.24, 2.45) is 11.0 Å². The van der Waals surface area contributed by atoms with Gasteiger partial charge < -0.3 is 4.74 Å². The number of likely N-dealkylation sites (tertiary alicyclic amines) is 1. The van der Waals surface area contributed by atoms with E-state index in [1.807, 2.05) is 24.3 Å². The van der Waals surface area contributed by atoms with Gasteiger partial charge in [0.25, 0.3) is 5.91 Å². The van der Waals surface area contributed by atoms with Crippen LogP contribution in [0, 0.1) is 11.7 Å². The molecule has 186 valence electrons. The minimum absolute atomic E-state index is 0.0522. The standard InChI is InChI=1S/C30H32FN3O2/c1-36-25-13-11-24(12-14-25)29-20-28(26-9-5-6-10-27(26)31)32-34(29)30(35)21-33-17-15-23(16-18-33)19-22-7-3-2-4-8-22/h2-14,23,29H,15-21H2,1H3. The quantitative estimate of drug-likeness (QED) is 0.446. The number of piperidine rings is 1. The molecule has 1 saturated heterocycles. The molecule has 1 fully saturated rings. The van der Waals surface area contributed by atoms with Gasteiger partial charge in [0.2, 0.25) is 0 Å². The van der Waals surface area contributed by atoms with Crippen LogP contribution in [0.4, 0.5) is 4.39 Å². The van der Waals surface area contributed by atoms with E-state index in [9.17, 15) is 9.18 Å². The molecule has 0 aromatic heterocycles. The first-order chi connectivity index (χ1) is 17.6. The molecule has 5 nitrogen and oxygen atoms in total. The predicted octanol–water partition coefficient (Wildman–Crippen LogP) is 5.47. The van der Waals surface area contributed by atoms with E-state index < -0.39 is 0 Å². The van der Waals surface area contributed by atoms with Crippen molar-refractivity contribution in [3.63, 3.8) is 0 Å². The van der Waals surface area contributed by atoms with Crippen LogP contribution in [0.2, 0.25) is 0 Å². The lowest BCUT2D eigenvalue weighted by Gasteiger charge is -2.33. The zero-order chi connectivity index (χ0) is 24.9. The van der Waals surface area contributed by atoms with Gasteiger partial charge in [-0.3, -0.25) is 9.69 Å². The van der Waals surface area contributed by atoms with Gasteiger partial charge in [0.15, 0.2) is 0 Å². The Morgan fingerprint density at radius 3 is 2.36 bits per heavy atom. The summed E-state index contributed by atoms with van der Waals surface area (Å²) >= 11 is 0. The zero-order valence-electron chi connectivity index (χ0n) is 20.6. The van der Waals surface area contributed by atoms with Crippen LogP contribution in [-0.2, 0) is 11.2 Å². The lowest BCUT2D eigenvalue weighted by atomic mass is 9.90. The van der Waals surface area contributed by atoms with Gasteiger partial charge >= 0.3 is 0 Å². The average molecular weight is 486 g/mol. The van der Waals surface area contributed by atoms with E-state index in [1.165, 1.54) is 11.6 Å². The van der Waals surface area contributed by atoms with Gasteiger partial charge in [-0.2, -0.15) is 5.10 Å². The fraction of sp³-hybridized carbons (Fsp3) is 0.333. The SMILES string of the molecule is COc1ccc(C2CC(c3ccccc3F)=NN2C(=O)CN2CCC(Cc3ccccc3)CC2)cc1. The molecule has 36 heavy (non-hydrogen) atoms. The minimum Gasteiger partial charge on any atom is -0.497 e. The second-order valence-corrected chi connectivity index (χ2v) is 9.67. The maximum Gasteiger partial charge on any atom is 0.257 e. The molecule has 3 aromatic carbocycles. The van der Waals surface area contributed by atoms with Gasteiger partial charge in [-0.15, -0.1) is 0 Å². The van der Waals surface area contributed by atoms with E-state index in [0.717, 1.165) is 43.7 Å². The molecule has 0 saturated carbocycles. The molecule has 1 amide bonds. The van der Waals surface area contributed by atoms with E-state index in [1.54, 1.807) is 30.3 Å². The predicted molar refractivity (Wildman–Crippen MR) is 139 cm³/mol. The number of amides is 1. The molecule has 5 rings (SSSR count). The molecule has 0 radical (unpaired) electrons. The summed E-state index contributed by atoms with van der Waals surface area (Å²) in [7, 11) is 1.63. The van der Waals surface area contributed by atoms with Crippen LogP contribution >= 0.6 is 0 Å². The number of carbonyl (C=O) groups is 1. The fourth-order valence-electron chi connectivity index (χ4n) is 5.24. The topological polar surface area (TPSA) is 45.1 Å². The number of halogens is 1. The Bertz CT molecular complexity index is 1200. The Hall–Kier alpha value is -3.51. The van der Waals surface area contributed by atoms with Crippen LogP contribution in [-0.4, -0.2) is 48.3 Å². The van der Waals surface area contributed by atoms with Crippen molar-refractivity contribution in [1.29, 1.82) is 0 Å². The maximum absolute atomic E-state index is 14.6. The van der Waals surface area contributed by atoms with Crippen molar-refractivity contribution in [2.75, 3.05) is 26.7 Å². The Labute approximate surface area is 212 Å². The third kappa shape index (κ3) is 5.49. The summed E-state index contributed by atoms with van der Waals surface area (Å²) in [6, 6.07) is 24.7. The molecule has 0 N–H and O–H groups in total. The second kappa shape index (κ2) is 11.0. The van der Waals surface area contributed by atoms with Gasteiger partial charge in [0, 0.05) is 12.0 Å². The number of hydrogen-bond acceptors (Lipinski definition) is 4. The smallest absolute Gasteiger partial charge is 0.257 e. The lowest BCUT2D eigenvalue weighted by Crippen LogP contribution is -2.42. The third-order valence-electron chi connectivity index (χ3n) is 7.28. The largest absolute Gasteiger partial charge is 0.497 e. The van der Waals surface area contributed by atoms with Crippen molar-refractivity contribution in [2.45, 2.75) is 31.7 Å². The lowest BCUT2D eigenvalue weighted by molar-refractivity contribution is -0.134. The van der Waals surface area contributed by atoms with Crippen molar-refractivity contribution < 1.29 is 13.9 Å². The van der Waals surface area contributed by atoms with Gasteiger partial charge in [0.1, 0.15) is 11.6 Å². The summed E-state index contributed by atoms with van der Waals surface area (Å²) in [5, 5.41) is 6.23. The highest BCUT2D eigenvalue weighted by molar-refractivity contribution is 6.03. The molecule has 0 aliphatic carbocycles. The van der Waals surface area contributed by atoms with Crippen LogP contribution in [0.25, 0.3) is 0 Å². The van der Waals surface area contributed by atoms with Crippen molar-refractivity contribution >= 4 is 11.6 Å². The Morgan fingerprint density at radius 2 is 1.67 bits per heavy atom. The average Bonchev–Trinajstić information content (AvgIpc) is 3.36. The summed E-state index contributed by atoms with van der Waals surface area (Å²) in [6.07, 6.45) is 3.71. The summed E-state index contributed by atoms with van der Waals surface area (Å²) < 4.78 is 19.8. The number of rotatable bonds is 7. The highest BCUT2D eigenvalue weighted by atomic mass is 19.1. The van der Waals surface area contributed by atoms with E-state index in [-0.39, 0.29) is 17.8 Å².